The number of ether oxygens (including phenoxy) is 2. The predicted octanol–water partition coefficient (Wildman–Crippen LogP) is 1.73. The van der Waals surface area contributed by atoms with Gasteiger partial charge in [0.25, 0.3) is 5.91 Å². The molecular weight excluding hydrogens is 276 g/mol. The lowest BCUT2D eigenvalue weighted by Crippen LogP contribution is -2.39. The molecule has 0 aliphatic carbocycles. The van der Waals surface area contributed by atoms with Gasteiger partial charge in [0.1, 0.15) is 5.75 Å². The fraction of sp³-hybridized carbons (Fsp3) is 0.429. The summed E-state index contributed by atoms with van der Waals surface area (Å²) in [5, 5.41) is 5.90. The monoisotopic (exact) mass is 296 g/mol. The van der Waals surface area contributed by atoms with Crippen LogP contribution in [0.4, 0.5) is 0 Å². The maximum atomic E-state index is 11.9. The van der Waals surface area contributed by atoms with Crippen molar-refractivity contribution in [3.05, 3.63) is 29.8 Å². The minimum absolute atomic E-state index is 0.258. The molecule has 0 heterocycles. The van der Waals surface area contributed by atoms with Crippen molar-refractivity contribution in [2.24, 2.45) is 0 Å². The Kier molecular flexibility index (Phi) is 7.60. The first-order chi connectivity index (χ1) is 9.67. The van der Waals surface area contributed by atoms with Crippen LogP contribution in [0.15, 0.2) is 24.3 Å². The summed E-state index contributed by atoms with van der Waals surface area (Å²) in [6.07, 6.45) is 0.836. The summed E-state index contributed by atoms with van der Waals surface area (Å²) >= 11 is 5.05. The van der Waals surface area contributed by atoms with Gasteiger partial charge >= 0.3 is 0 Å². The lowest BCUT2D eigenvalue weighted by molar-refractivity contribution is 0.0976. The minimum atomic E-state index is -0.258. The number of hydrogen-bond acceptors (Lipinski definition) is 4. The van der Waals surface area contributed by atoms with Gasteiger partial charge in [-0.05, 0) is 43.8 Å². The van der Waals surface area contributed by atoms with Crippen LogP contribution in [0.5, 0.6) is 5.75 Å². The second-order valence-corrected chi connectivity index (χ2v) is 4.40. The van der Waals surface area contributed by atoms with E-state index in [1.165, 1.54) is 0 Å². The van der Waals surface area contributed by atoms with E-state index in [0.29, 0.717) is 36.2 Å². The minimum Gasteiger partial charge on any atom is -0.497 e. The fourth-order valence-electron chi connectivity index (χ4n) is 1.50. The zero-order valence-corrected chi connectivity index (χ0v) is 12.6. The Bertz CT molecular complexity index is 452. The number of methoxy groups -OCH3 is 1. The van der Waals surface area contributed by atoms with E-state index < -0.39 is 0 Å². The summed E-state index contributed by atoms with van der Waals surface area (Å²) in [5.74, 6) is 0.374. The molecule has 110 valence electrons. The van der Waals surface area contributed by atoms with E-state index in [2.05, 4.69) is 10.6 Å². The van der Waals surface area contributed by atoms with Gasteiger partial charge in [0.15, 0.2) is 5.11 Å². The van der Waals surface area contributed by atoms with Crippen molar-refractivity contribution in [1.29, 1.82) is 0 Å². The summed E-state index contributed by atoms with van der Waals surface area (Å²) in [5.41, 5.74) is 0.503. The second-order valence-electron chi connectivity index (χ2n) is 3.99. The second kappa shape index (κ2) is 9.28. The Labute approximate surface area is 124 Å². The van der Waals surface area contributed by atoms with Crippen molar-refractivity contribution in [2.75, 3.05) is 26.9 Å². The Morgan fingerprint density at radius 2 is 2.20 bits per heavy atom. The number of hydrogen-bond donors (Lipinski definition) is 2. The normalized spacial score (nSPS) is 9.90. The Morgan fingerprint density at radius 3 is 2.90 bits per heavy atom. The number of benzene rings is 1. The van der Waals surface area contributed by atoms with E-state index in [1.807, 2.05) is 6.92 Å². The lowest BCUT2D eigenvalue weighted by atomic mass is 10.2. The van der Waals surface area contributed by atoms with Gasteiger partial charge < -0.3 is 14.8 Å². The average molecular weight is 296 g/mol. The molecule has 2 N–H and O–H groups in total. The van der Waals surface area contributed by atoms with Crippen molar-refractivity contribution < 1.29 is 14.3 Å². The summed E-state index contributed by atoms with van der Waals surface area (Å²) < 4.78 is 10.3. The number of carbonyl (C=O) groups excluding carboxylic acids is 1. The average Bonchev–Trinajstić information content (AvgIpc) is 2.47. The first kappa shape index (κ1) is 16.4. The number of nitrogens with one attached hydrogen (secondary N) is 2. The van der Waals surface area contributed by atoms with Crippen LogP contribution in [0.2, 0.25) is 0 Å². The number of thiocarbonyl (C=S) groups is 1. The van der Waals surface area contributed by atoms with Gasteiger partial charge in [0, 0.05) is 25.3 Å². The molecule has 0 spiro atoms. The molecule has 0 fully saturated rings. The third-order valence-electron chi connectivity index (χ3n) is 2.51. The van der Waals surface area contributed by atoms with Crippen molar-refractivity contribution in [1.82, 2.24) is 10.6 Å². The summed E-state index contributed by atoms with van der Waals surface area (Å²) in [6.45, 7) is 4.00. The van der Waals surface area contributed by atoms with Gasteiger partial charge in [-0.15, -0.1) is 0 Å². The topological polar surface area (TPSA) is 59.6 Å². The highest BCUT2D eigenvalue weighted by molar-refractivity contribution is 7.80. The molecular formula is C14H20N2O3S. The van der Waals surface area contributed by atoms with Crippen LogP contribution in [-0.4, -0.2) is 37.9 Å². The number of carbonyl (C=O) groups is 1. The maximum absolute atomic E-state index is 11.9. The molecule has 5 nitrogen and oxygen atoms in total. The zero-order valence-electron chi connectivity index (χ0n) is 11.8. The highest BCUT2D eigenvalue weighted by Gasteiger charge is 2.08. The molecule has 0 atom stereocenters. The van der Waals surface area contributed by atoms with E-state index >= 15 is 0 Å². The maximum Gasteiger partial charge on any atom is 0.257 e. The Hall–Kier alpha value is -1.66. The largest absolute Gasteiger partial charge is 0.497 e. The molecule has 1 aromatic rings. The lowest BCUT2D eigenvalue weighted by Gasteiger charge is -2.10. The molecule has 1 amide bonds. The summed E-state index contributed by atoms with van der Waals surface area (Å²) in [4.78, 5) is 11.9. The summed E-state index contributed by atoms with van der Waals surface area (Å²) in [7, 11) is 1.56. The molecule has 0 bridgehead atoms. The van der Waals surface area contributed by atoms with Crippen LogP contribution in [-0.2, 0) is 4.74 Å². The third-order valence-corrected chi connectivity index (χ3v) is 2.76. The first-order valence-corrected chi connectivity index (χ1v) is 6.89. The molecule has 0 saturated heterocycles. The Morgan fingerprint density at radius 1 is 1.40 bits per heavy atom. The van der Waals surface area contributed by atoms with E-state index in [-0.39, 0.29) is 5.91 Å². The highest BCUT2D eigenvalue weighted by Crippen LogP contribution is 2.12. The van der Waals surface area contributed by atoms with Crippen molar-refractivity contribution in [3.63, 3.8) is 0 Å². The fourth-order valence-corrected chi connectivity index (χ4v) is 1.70. The van der Waals surface area contributed by atoms with Crippen LogP contribution in [0.3, 0.4) is 0 Å². The van der Waals surface area contributed by atoms with Crippen molar-refractivity contribution in [2.45, 2.75) is 13.3 Å². The number of amides is 1. The van der Waals surface area contributed by atoms with Crippen LogP contribution >= 0.6 is 12.2 Å². The molecule has 0 aromatic heterocycles. The smallest absolute Gasteiger partial charge is 0.257 e. The van der Waals surface area contributed by atoms with Gasteiger partial charge in [0.05, 0.1) is 7.11 Å². The standard InChI is InChI=1S/C14H20N2O3S/c1-3-19-9-5-8-15-14(20)16-13(17)11-6-4-7-12(10-11)18-2/h4,6-7,10H,3,5,8-9H2,1-2H3,(H2,15,16,17,20). The van der Waals surface area contributed by atoms with Crippen LogP contribution in [0, 0.1) is 0 Å². The van der Waals surface area contributed by atoms with Crippen molar-refractivity contribution >= 4 is 23.2 Å². The third kappa shape index (κ3) is 5.99. The summed E-state index contributed by atoms with van der Waals surface area (Å²) in [6, 6.07) is 6.90. The van der Waals surface area contributed by atoms with Crippen molar-refractivity contribution in [3.8, 4) is 5.75 Å². The van der Waals surface area contributed by atoms with Gasteiger partial charge in [-0.2, -0.15) is 0 Å². The molecule has 1 rings (SSSR count). The highest BCUT2D eigenvalue weighted by atomic mass is 32.1. The van der Waals surface area contributed by atoms with Gasteiger partial charge in [0.2, 0.25) is 0 Å². The molecule has 0 radical (unpaired) electrons. The van der Waals surface area contributed by atoms with Crippen LogP contribution in [0.25, 0.3) is 0 Å². The number of rotatable bonds is 7. The van der Waals surface area contributed by atoms with E-state index in [0.717, 1.165) is 6.42 Å². The quantitative estimate of drug-likeness (QED) is 0.593. The molecule has 0 aliphatic heterocycles. The molecule has 0 aliphatic rings. The molecule has 20 heavy (non-hydrogen) atoms. The van der Waals surface area contributed by atoms with Gasteiger partial charge in [-0.3, -0.25) is 10.1 Å². The Balaban J connectivity index is 2.35. The van der Waals surface area contributed by atoms with E-state index in [9.17, 15) is 4.79 Å². The SMILES string of the molecule is CCOCCCNC(=S)NC(=O)c1cccc(OC)c1. The molecule has 0 saturated carbocycles. The van der Waals surface area contributed by atoms with E-state index in [4.69, 9.17) is 21.7 Å². The van der Waals surface area contributed by atoms with Crippen LogP contribution in [0.1, 0.15) is 23.7 Å². The molecule has 1 aromatic carbocycles. The molecule has 6 heteroatoms. The van der Waals surface area contributed by atoms with Crippen LogP contribution < -0.4 is 15.4 Å². The zero-order chi connectivity index (χ0) is 14.8. The first-order valence-electron chi connectivity index (χ1n) is 6.48. The van der Waals surface area contributed by atoms with Gasteiger partial charge in [-0.25, -0.2) is 0 Å². The molecule has 0 unspecified atom stereocenters. The van der Waals surface area contributed by atoms with E-state index in [1.54, 1.807) is 31.4 Å². The predicted molar refractivity (Wildman–Crippen MR) is 82.2 cm³/mol. The van der Waals surface area contributed by atoms with Gasteiger partial charge in [-0.1, -0.05) is 6.07 Å².